The molecule has 1 amide bonds. The maximum atomic E-state index is 12.6. The molecule has 2 aromatic rings. The van der Waals surface area contributed by atoms with Crippen LogP contribution in [0.2, 0.25) is 0 Å². The van der Waals surface area contributed by atoms with Gasteiger partial charge in [-0.1, -0.05) is 30.3 Å². The Morgan fingerprint density at radius 1 is 1.16 bits per heavy atom. The topological polar surface area (TPSA) is 38.8 Å². The summed E-state index contributed by atoms with van der Waals surface area (Å²) < 4.78 is 11.7. The smallest absolute Gasteiger partial charge is 0.233 e. The molecule has 1 aliphatic rings. The van der Waals surface area contributed by atoms with E-state index >= 15 is 0 Å². The van der Waals surface area contributed by atoms with E-state index < -0.39 is 0 Å². The van der Waals surface area contributed by atoms with E-state index in [1.54, 1.807) is 11.8 Å². The molecule has 0 saturated heterocycles. The van der Waals surface area contributed by atoms with Crippen molar-refractivity contribution in [2.75, 3.05) is 25.4 Å². The summed E-state index contributed by atoms with van der Waals surface area (Å²) in [5.41, 5.74) is 1.20. The summed E-state index contributed by atoms with van der Waals surface area (Å²) >= 11 is 1.59. The van der Waals surface area contributed by atoms with E-state index in [0.717, 1.165) is 16.4 Å². The SMILES string of the molecule is CCN(CC1COc2ccccc2O1)C(=O)CSc1ccccc1C. The standard InChI is InChI=1S/C20H23NO3S/c1-3-21(20(22)14-25-19-11-7-4-8-15(19)2)12-16-13-23-17-9-5-6-10-18(17)24-16/h4-11,16H,3,12-14H2,1-2H3. The molecular weight excluding hydrogens is 334 g/mol. The Bertz CT molecular complexity index is 734. The molecule has 2 aromatic carbocycles. The van der Waals surface area contributed by atoms with Crippen molar-refractivity contribution in [3.63, 3.8) is 0 Å². The minimum atomic E-state index is -0.137. The molecule has 1 atom stereocenters. The maximum Gasteiger partial charge on any atom is 0.233 e. The Morgan fingerprint density at radius 3 is 2.64 bits per heavy atom. The average Bonchev–Trinajstić information content (AvgIpc) is 2.65. The fourth-order valence-electron chi connectivity index (χ4n) is 2.76. The molecule has 0 aliphatic carbocycles. The molecule has 3 rings (SSSR count). The van der Waals surface area contributed by atoms with Gasteiger partial charge in [-0.25, -0.2) is 0 Å². The van der Waals surface area contributed by atoms with Crippen LogP contribution in [0, 0.1) is 6.92 Å². The highest BCUT2D eigenvalue weighted by molar-refractivity contribution is 8.00. The number of hydrogen-bond donors (Lipinski definition) is 0. The van der Waals surface area contributed by atoms with Crippen molar-refractivity contribution in [1.82, 2.24) is 4.90 Å². The lowest BCUT2D eigenvalue weighted by Crippen LogP contribution is -2.44. The molecule has 25 heavy (non-hydrogen) atoms. The number of aryl methyl sites for hydroxylation is 1. The first kappa shape index (κ1) is 17.7. The molecule has 0 aromatic heterocycles. The number of likely N-dealkylation sites (N-methyl/N-ethyl adjacent to an activating group) is 1. The summed E-state index contributed by atoms with van der Waals surface area (Å²) in [5, 5.41) is 0. The van der Waals surface area contributed by atoms with Gasteiger partial charge >= 0.3 is 0 Å². The lowest BCUT2D eigenvalue weighted by molar-refractivity contribution is -0.129. The van der Waals surface area contributed by atoms with Crippen LogP contribution in [0.25, 0.3) is 0 Å². The third kappa shape index (κ3) is 4.48. The van der Waals surface area contributed by atoms with Gasteiger partial charge in [0.1, 0.15) is 6.61 Å². The number of benzene rings is 2. The van der Waals surface area contributed by atoms with Crippen molar-refractivity contribution in [3.05, 3.63) is 54.1 Å². The van der Waals surface area contributed by atoms with Crippen molar-refractivity contribution < 1.29 is 14.3 Å². The summed E-state index contributed by atoms with van der Waals surface area (Å²) in [6.07, 6.45) is -0.137. The minimum absolute atomic E-state index is 0.123. The Kier molecular flexibility index (Phi) is 5.87. The number of ether oxygens (including phenoxy) is 2. The second-order valence-corrected chi connectivity index (χ2v) is 7.00. The Hall–Kier alpha value is -2.14. The van der Waals surface area contributed by atoms with Crippen LogP contribution in [-0.2, 0) is 4.79 Å². The van der Waals surface area contributed by atoms with E-state index in [0.29, 0.717) is 25.4 Å². The van der Waals surface area contributed by atoms with Gasteiger partial charge in [-0.15, -0.1) is 11.8 Å². The van der Waals surface area contributed by atoms with Gasteiger partial charge in [-0.3, -0.25) is 4.79 Å². The van der Waals surface area contributed by atoms with E-state index in [1.807, 2.05) is 48.2 Å². The summed E-state index contributed by atoms with van der Waals surface area (Å²) in [6, 6.07) is 15.8. The molecule has 0 radical (unpaired) electrons. The first-order valence-corrected chi connectivity index (χ1v) is 9.50. The number of amides is 1. The number of fused-ring (bicyclic) bond motifs is 1. The minimum Gasteiger partial charge on any atom is -0.486 e. The third-order valence-electron chi connectivity index (χ3n) is 4.17. The summed E-state index contributed by atoms with van der Waals surface area (Å²) in [6.45, 7) is 5.72. The van der Waals surface area contributed by atoms with Crippen molar-refractivity contribution in [3.8, 4) is 11.5 Å². The zero-order chi connectivity index (χ0) is 17.6. The van der Waals surface area contributed by atoms with Crippen LogP contribution in [0.1, 0.15) is 12.5 Å². The first-order chi connectivity index (χ1) is 12.2. The van der Waals surface area contributed by atoms with Gasteiger partial charge in [0.2, 0.25) is 5.91 Å². The molecule has 5 heteroatoms. The fraction of sp³-hybridized carbons (Fsp3) is 0.350. The molecule has 1 heterocycles. The third-order valence-corrected chi connectivity index (χ3v) is 5.33. The van der Waals surface area contributed by atoms with Crippen LogP contribution >= 0.6 is 11.8 Å². The van der Waals surface area contributed by atoms with Crippen LogP contribution in [0.15, 0.2) is 53.4 Å². The predicted octanol–water partition coefficient (Wildman–Crippen LogP) is 3.78. The lowest BCUT2D eigenvalue weighted by atomic mass is 10.2. The highest BCUT2D eigenvalue weighted by Gasteiger charge is 2.24. The number of nitrogens with zero attached hydrogens (tertiary/aromatic N) is 1. The summed E-state index contributed by atoms with van der Waals surface area (Å²) in [4.78, 5) is 15.6. The molecule has 0 N–H and O–H groups in total. The largest absolute Gasteiger partial charge is 0.486 e. The summed E-state index contributed by atoms with van der Waals surface area (Å²) in [7, 11) is 0. The molecule has 4 nitrogen and oxygen atoms in total. The summed E-state index contributed by atoms with van der Waals surface area (Å²) in [5.74, 6) is 2.07. The molecule has 0 bridgehead atoms. The first-order valence-electron chi connectivity index (χ1n) is 8.52. The molecule has 0 spiro atoms. The van der Waals surface area contributed by atoms with Crippen molar-refractivity contribution in [2.45, 2.75) is 24.8 Å². The van der Waals surface area contributed by atoms with Crippen molar-refractivity contribution >= 4 is 17.7 Å². The maximum absolute atomic E-state index is 12.6. The monoisotopic (exact) mass is 357 g/mol. The van der Waals surface area contributed by atoms with Gasteiger partial charge < -0.3 is 14.4 Å². The highest BCUT2D eigenvalue weighted by atomic mass is 32.2. The van der Waals surface area contributed by atoms with E-state index in [9.17, 15) is 4.79 Å². The normalized spacial score (nSPS) is 15.7. The van der Waals surface area contributed by atoms with Gasteiger partial charge in [0.15, 0.2) is 17.6 Å². The number of para-hydroxylation sites is 2. The van der Waals surface area contributed by atoms with E-state index in [-0.39, 0.29) is 12.0 Å². The molecule has 1 aliphatic heterocycles. The van der Waals surface area contributed by atoms with Crippen LogP contribution in [0.4, 0.5) is 0 Å². The van der Waals surface area contributed by atoms with E-state index in [4.69, 9.17) is 9.47 Å². The van der Waals surface area contributed by atoms with Gasteiger partial charge in [0.05, 0.1) is 12.3 Å². The molecule has 0 fully saturated rings. The highest BCUT2D eigenvalue weighted by Crippen LogP contribution is 2.31. The average molecular weight is 357 g/mol. The number of thioether (sulfide) groups is 1. The lowest BCUT2D eigenvalue weighted by Gasteiger charge is -2.31. The molecule has 0 saturated carbocycles. The Labute approximate surface area is 153 Å². The molecular formula is C20H23NO3S. The van der Waals surface area contributed by atoms with Crippen molar-refractivity contribution in [1.29, 1.82) is 0 Å². The van der Waals surface area contributed by atoms with Crippen LogP contribution in [0.5, 0.6) is 11.5 Å². The number of carbonyl (C=O) groups is 1. The quantitative estimate of drug-likeness (QED) is 0.738. The van der Waals surface area contributed by atoms with E-state index in [2.05, 4.69) is 19.1 Å². The fourth-order valence-corrected chi connectivity index (χ4v) is 3.69. The zero-order valence-electron chi connectivity index (χ0n) is 14.6. The Morgan fingerprint density at radius 2 is 1.88 bits per heavy atom. The van der Waals surface area contributed by atoms with Gasteiger partial charge in [0, 0.05) is 11.4 Å². The number of carbonyl (C=O) groups excluding carboxylic acids is 1. The number of rotatable bonds is 6. The second-order valence-electron chi connectivity index (χ2n) is 5.98. The van der Waals surface area contributed by atoms with Gasteiger partial charge in [-0.2, -0.15) is 0 Å². The predicted molar refractivity (Wildman–Crippen MR) is 101 cm³/mol. The Balaban J connectivity index is 1.55. The zero-order valence-corrected chi connectivity index (χ0v) is 15.4. The van der Waals surface area contributed by atoms with Gasteiger partial charge in [-0.05, 0) is 37.6 Å². The van der Waals surface area contributed by atoms with Crippen LogP contribution in [0.3, 0.4) is 0 Å². The van der Waals surface area contributed by atoms with Gasteiger partial charge in [0.25, 0.3) is 0 Å². The van der Waals surface area contributed by atoms with Crippen LogP contribution in [-0.4, -0.2) is 42.4 Å². The molecule has 132 valence electrons. The van der Waals surface area contributed by atoms with Crippen molar-refractivity contribution in [2.24, 2.45) is 0 Å². The molecule has 1 unspecified atom stereocenters. The second kappa shape index (κ2) is 8.30. The van der Waals surface area contributed by atoms with E-state index in [1.165, 1.54) is 5.56 Å². The van der Waals surface area contributed by atoms with Crippen LogP contribution < -0.4 is 9.47 Å². The number of hydrogen-bond acceptors (Lipinski definition) is 4.